The topological polar surface area (TPSA) is 172 Å². The summed E-state index contributed by atoms with van der Waals surface area (Å²) in [4.78, 5) is 30.3. The molecule has 0 fully saturated rings. The molecule has 3 rings (SSSR count). The Bertz CT molecular complexity index is 1290. The molecule has 13 nitrogen and oxygen atoms in total. The minimum Gasteiger partial charge on any atom is -0.481 e. The average Bonchev–Trinajstić information content (AvgIpc) is 2.84. The van der Waals surface area contributed by atoms with Gasteiger partial charge in [-0.2, -0.15) is 9.97 Å². The van der Waals surface area contributed by atoms with Crippen molar-refractivity contribution in [2.75, 3.05) is 24.3 Å². The number of anilines is 2. The molecule has 1 heterocycles. The van der Waals surface area contributed by atoms with Gasteiger partial charge in [0.05, 0.1) is 24.0 Å². The van der Waals surface area contributed by atoms with Crippen molar-refractivity contribution in [2.45, 2.75) is 17.9 Å². The van der Waals surface area contributed by atoms with E-state index in [4.69, 9.17) is 14.2 Å². The minimum atomic E-state index is -4.01. The van der Waals surface area contributed by atoms with Gasteiger partial charge in [0, 0.05) is 23.9 Å². The lowest BCUT2D eigenvalue weighted by atomic mass is 10.3. The van der Waals surface area contributed by atoms with Crippen molar-refractivity contribution < 1.29 is 32.3 Å². The second-order valence-electron chi connectivity index (χ2n) is 6.91. The molecule has 0 saturated carbocycles. The Hall–Kier alpha value is -4.46. The van der Waals surface area contributed by atoms with Crippen molar-refractivity contribution in [3.63, 3.8) is 0 Å². The Morgan fingerprint density at radius 3 is 2.26 bits per heavy atom. The number of hydrogen-bond donors (Lipinski definition) is 2. The van der Waals surface area contributed by atoms with Crippen LogP contribution < -0.4 is 24.2 Å². The molecule has 2 aromatic carbocycles. The number of nitrogens with one attached hydrogen (secondary N) is 2. The monoisotopic (exact) mass is 503 g/mol. The maximum atomic E-state index is 12.7. The Morgan fingerprint density at radius 2 is 1.69 bits per heavy atom. The number of rotatable bonds is 10. The molecule has 3 aromatic rings. The lowest BCUT2D eigenvalue weighted by Crippen LogP contribution is -2.30. The van der Waals surface area contributed by atoms with E-state index < -0.39 is 27.0 Å². The molecular weight excluding hydrogens is 482 g/mol. The molecule has 1 aromatic heterocycles. The van der Waals surface area contributed by atoms with Crippen molar-refractivity contribution >= 4 is 33.1 Å². The lowest BCUT2D eigenvalue weighted by Gasteiger charge is -2.15. The Morgan fingerprint density at radius 1 is 1.03 bits per heavy atom. The van der Waals surface area contributed by atoms with Crippen LogP contribution in [0.2, 0.25) is 0 Å². The minimum absolute atomic E-state index is 0.0525. The van der Waals surface area contributed by atoms with Crippen molar-refractivity contribution in [1.82, 2.24) is 9.97 Å². The average molecular weight is 503 g/mol. The second kappa shape index (κ2) is 10.6. The van der Waals surface area contributed by atoms with E-state index in [1.807, 2.05) is 0 Å². The summed E-state index contributed by atoms with van der Waals surface area (Å²) in [5, 5.41) is 13.3. The van der Waals surface area contributed by atoms with Crippen LogP contribution in [-0.4, -0.2) is 49.5 Å². The zero-order chi connectivity index (χ0) is 25.6. The van der Waals surface area contributed by atoms with E-state index >= 15 is 0 Å². The van der Waals surface area contributed by atoms with Crippen LogP contribution in [0.1, 0.15) is 6.92 Å². The van der Waals surface area contributed by atoms with E-state index in [0.29, 0.717) is 5.69 Å². The summed E-state index contributed by atoms with van der Waals surface area (Å²) in [6, 6.07) is 11.9. The summed E-state index contributed by atoms with van der Waals surface area (Å²) in [7, 11) is -1.31. The molecular formula is C21H21N5O8S. The highest BCUT2D eigenvalue weighted by Gasteiger charge is 2.19. The second-order valence-corrected chi connectivity index (χ2v) is 8.59. The standard InChI is InChI=1S/C21H21N5O8S/c1-13(34-16-8-6-15(7-9-16)26(28)29)20(27)22-14-4-10-17(11-5-14)35(30,31)25-18-12-19(32-2)24-21(23-18)33-3/h4-13H,1-3H3,(H,22,27)(H,23,24,25). The maximum Gasteiger partial charge on any atom is 0.321 e. The zero-order valence-corrected chi connectivity index (χ0v) is 19.6. The smallest absolute Gasteiger partial charge is 0.321 e. The number of nitro benzene ring substituents is 1. The van der Waals surface area contributed by atoms with E-state index in [2.05, 4.69) is 20.0 Å². The van der Waals surface area contributed by atoms with E-state index in [-0.39, 0.29) is 34.0 Å². The number of nitro groups is 1. The lowest BCUT2D eigenvalue weighted by molar-refractivity contribution is -0.384. The number of nitrogens with zero attached hydrogens (tertiary/aromatic N) is 3. The van der Waals surface area contributed by atoms with Crippen LogP contribution in [0.25, 0.3) is 0 Å². The largest absolute Gasteiger partial charge is 0.481 e. The van der Waals surface area contributed by atoms with Crippen molar-refractivity contribution in [3.8, 4) is 17.6 Å². The third-order valence-corrected chi connectivity index (χ3v) is 5.85. The number of methoxy groups -OCH3 is 2. The molecule has 184 valence electrons. The summed E-state index contributed by atoms with van der Waals surface area (Å²) >= 11 is 0. The first-order valence-electron chi connectivity index (χ1n) is 9.93. The molecule has 1 unspecified atom stereocenters. The highest BCUT2D eigenvalue weighted by Crippen LogP contribution is 2.22. The van der Waals surface area contributed by atoms with Gasteiger partial charge in [-0.1, -0.05) is 0 Å². The zero-order valence-electron chi connectivity index (χ0n) is 18.8. The molecule has 14 heteroatoms. The first-order chi connectivity index (χ1) is 16.6. The molecule has 0 spiro atoms. The van der Waals surface area contributed by atoms with Crippen molar-refractivity contribution in [1.29, 1.82) is 0 Å². The van der Waals surface area contributed by atoms with Crippen LogP contribution in [0.4, 0.5) is 17.2 Å². The normalized spacial score (nSPS) is 11.7. The van der Waals surface area contributed by atoms with Gasteiger partial charge in [0.15, 0.2) is 11.9 Å². The fourth-order valence-electron chi connectivity index (χ4n) is 2.71. The number of benzene rings is 2. The third-order valence-electron chi connectivity index (χ3n) is 4.47. The number of sulfonamides is 1. The number of amides is 1. The number of carbonyl (C=O) groups excluding carboxylic acids is 1. The van der Waals surface area contributed by atoms with Crippen LogP contribution in [0.15, 0.2) is 59.5 Å². The first kappa shape index (κ1) is 25.2. The van der Waals surface area contributed by atoms with Crippen LogP contribution in [0, 0.1) is 10.1 Å². The fraction of sp³-hybridized carbons (Fsp3) is 0.190. The quantitative estimate of drug-likeness (QED) is 0.309. The maximum absolute atomic E-state index is 12.7. The van der Waals surface area contributed by atoms with E-state index in [1.54, 1.807) is 0 Å². The predicted molar refractivity (Wildman–Crippen MR) is 124 cm³/mol. The van der Waals surface area contributed by atoms with Gasteiger partial charge in [-0.3, -0.25) is 19.6 Å². The van der Waals surface area contributed by atoms with Gasteiger partial charge < -0.3 is 19.5 Å². The molecule has 35 heavy (non-hydrogen) atoms. The number of carbonyl (C=O) groups is 1. The SMILES string of the molecule is COc1cc(NS(=O)(=O)c2ccc(NC(=O)C(C)Oc3ccc([N+](=O)[O-])cc3)cc2)nc(OC)n1. The predicted octanol–water partition coefficient (Wildman–Crippen LogP) is 2.61. The molecule has 0 aliphatic rings. The van der Waals surface area contributed by atoms with Gasteiger partial charge in [0.2, 0.25) is 5.88 Å². The summed E-state index contributed by atoms with van der Waals surface area (Å²) in [5.74, 6) is -0.165. The molecule has 2 N–H and O–H groups in total. The Kier molecular flexibility index (Phi) is 7.66. The van der Waals surface area contributed by atoms with Gasteiger partial charge in [-0.15, -0.1) is 0 Å². The van der Waals surface area contributed by atoms with E-state index in [9.17, 15) is 23.3 Å². The van der Waals surface area contributed by atoms with Gasteiger partial charge in [0.1, 0.15) is 5.75 Å². The highest BCUT2D eigenvalue weighted by molar-refractivity contribution is 7.92. The summed E-state index contributed by atoms with van der Waals surface area (Å²) in [6.45, 7) is 1.50. The summed E-state index contributed by atoms with van der Waals surface area (Å²) < 4.78 is 43.1. The molecule has 0 saturated heterocycles. The third kappa shape index (κ3) is 6.54. The molecule has 0 radical (unpaired) electrons. The van der Waals surface area contributed by atoms with Crippen LogP contribution in [0.3, 0.4) is 0 Å². The number of hydrogen-bond acceptors (Lipinski definition) is 10. The van der Waals surface area contributed by atoms with Crippen molar-refractivity contribution in [2.24, 2.45) is 0 Å². The summed E-state index contributed by atoms with van der Waals surface area (Å²) in [6.07, 6.45) is -0.927. The first-order valence-corrected chi connectivity index (χ1v) is 11.4. The molecule has 0 aliphatic heterocycles. The molecule has 0 bridgehead atoms. The highest BCUT2D eigenvalue weighted by atomic mass is 32.2. The van der Waals surface area contributed by atoms with Crippen LogP contribution in [0.5, 0.6) is 17.6 Å². The van der Waals surface area contributed by atoms with Crippen LogP contribution in [-0.2, 0) is 14.8 Å². The van der Waals surface area contributed by atoms with Gasteiger partial charge in [-0.05, 0) is 43.3 Å². The fourth-order valence-corrected chi connectivity index (χ4v) is 3.71. The van der Waals surface area contributed by atoms with Crippen molar-refractivity contribution in [3.05, 3.63) is 64.7 Å². The molecule has 1 amide bonds. The van der Waals surface area contributed by atoms with E-state index in [1.165, 1.54) is 75.7 Å². The Balaban J connectivity index is 1.64. The summed E-state index contributed by atoms with van der Waals surface area (Å²) in [5.41, 5.74) is 0.232. The van der Waals surface area contributed by atoms with Gasteiger partial charge >= 0.3 is 6.01 Å². The molecule has 1 atom stereocenters. The van der Waals surface area contributed by atoms with Gasteiger partial charge in [-0.25, -0.2) is 8.42 Å². The molecule has 0 aliphatic carbocycles. The Labute approximate surface area is 200 Å². The van der Waals surface area contributed by atoms with E-state index in [0.717, 1.165) is 0 Å². The van der Waals surface area contributed by atoms with Gasteiger partial charge in [0.25, 0.3) is 21.6 Å². The number of non-ortho nitro benzene ring substituents is 1. The number of ether oxygens (including phenoxy) is 3. The number of aromatic nitrogens is 2. The van der Waals surface area contributed by atoms with Crippen LogP contribution >= 0.6 is 0 Å².